The standard InChI is InChI=1S/C17H26N4O/c1-14-4-7-20(8-5-14)15-3-6-18-16(13-15)17(22)21-11-9-19(2)10-12-21/h3,6,13-14H,4-5,7-12H2,1-2H3. The molecule has 22 heavy (non-hydrogen) atoms. The summed E-state index contributed by atoms with van der Waals surface area (Å²) in [7, 11) is 2.10. The van der Waals surface area contributed by atoms with E-state index in [1.807, 2.05) is 17.0 Å². The Bertz CT molecular complexity index is 517. The highest BCUT2D eigenvalue weighted by Crippen LogP contribution is 2.23. The minimum absolute atomic E-state index is 0.0697. The number of piperidine rings is 1. The maximum atomic E-state index is 12.6. The molecule has 0 unspecified atom stereocenters. The molecule has 5 heteroatoms. The average molecular weight is 302 g/mol. The fourth-order valence-corrected chi connectivity index (χ4v) is 3.17. The van der Waals surface area contributed by atoms with Crippen molar-refractivity contribution >= 4 is 11.6 Å². The summed E-state index contributed by atoms with van der Waals surface area (Å²) in [6, 6.07) is 3.99. The van der Waals surface area contributed by atoms with Crippen molar-refractivity contribution in [3.8, 4) is 0 Å². The number of carbonyl (C=O) groups is 1. The molecule has 2 aliphatic rings. The van der Waals surface area contributed by atoms with E-state index in [9.17, 15) is 4.79 Å². The number of rotatable bonds is 2. The lowest BCUT2D eigenvalue weighted by Gasteiger charge is -2.33. The number of anilines is 1. The van der Waals surface area contributed by atoms with Gasteiger partial charge in [0, 0.05) is 51.2 Å². The number of amides is 1. The van der Waals surface area contributed by atoms with Gasteiger partial charge in [-0.25, -0.2) is 0 Å². The van der Waals surface area contributed by atoms with E-state index < -0.39 is 0 Å². The van der Waals surface area contributed by atoms with Crippen LogP contribution in [0.2, 0.25) is 0 Å². The SMILES string of the molecule is CC1CCN(c2ccnc(C(=O)N3CCN(C)CC3)c2)CC1. The Balaban J connectivity index is 1.69. The molecular weight excluding hydrogens is 276 g/mol. The van der Waals surface area contributed by atoms with Gasteiger partial charge in [-0.2, -0.15) is 0 Å². The second-order valence-corrected chi connectivity index (χ2v) is 6.66. The van der Waals surface area contributed by atoms with Crippen LogP contribution in [0, 0.1) is 5.92 Å². The number of nitrogens with zero attached hydrogens (tertiary/aromatic N) is 4. The smallest absolute Gasteiger partial charge is 0.272 e. The molecule has 3 rings (SSSR count). The van der Waals surface area contributed by atoms with E-state index in [2.05, 4.69) is 28.8 Å². The van der Waals surface area contributed by atoms with Crippen LogP contribution in [-0.2, 0) is 0 Å². The normalized spacial score (nSPS) is 21.2. The number of carbonyl (C=O) groups excluding carboxylic acids is 1. The lowest BCUT2D eigenvalue weighted by molar-refractivity contribution is 0.0658. The second kappa shape index (κ2) is 6.65. The van der Waals surface area contributed by atoms with Gasteiger partial charge in [0.05, 0.1) is 0 Å². The summed E-state index contributed by atoms with van der Waals surface area (Å²) in [6.07, 6.45) is 4.23. The van der Waals surface area contributed by atoms with Crippen LogP contribution in [0.5, 0.6) is 0 Å². The van der Waals surface area contributed by atoms with Gasteiger partial charge in [0.1, 0.15) is 5.69 Å². The minimum Gasteiger partial charge on any atom is -0.371 e. The van der Waals surface area contributed by atoms with E-state index >= 15 is 0 Å². The molecule has 2 aliphatic heterocycles. The van der Waals surface area contributed by atoms with E-state index in [-0.39, 0.29) is 5.91 Å². The topological polar surface area (TPSA) is 39.7 Å². The summed E-state index contributed by atoms with van der Waals surface area (Å²) in [5.74, 6) is 0.879. The molecule has 120 valence electrons. The fourth-order valence-electron chi connectivity index (χ4n) is 3.17. The van der Waals surface area contributed by atoms with Crippen LogP contribution in [0.15, 0.2) is 18.3 Å². The third-order valence-corrected chi connectivity index (χ3v) is 4.90. The van der Waals surface area contributed by atoms with Gasteiger partial charge < -0.3 is 14.7 Å². The van der Waals surface area contributed by atoms with Gasteiger partial charge in [0.15, 0.2) is 0 Å². The van der Waals surface area contributed by atoms with Crippen molar-refractivity contribution in [2.45, 2.75) is 19.8 Å². The summed E-state index contributed by atoms with van der Waals surface area (Å²) in [6.45, 7) is 7.93. The molecule has 5 nitrogen and oxygen atoms in total. The number of likely N-dealkylation sites (N-methyl/N-ethyl adjacent to an activating group) is 1. The van der Waals surface area contributed by atoms with Crippen molar-refractivity contribution in [1.82, 2.24) is 14.8 Å². The zero-order valence-electron chi connectivity index (χ0n) is 13.7. The Labute approximate surface area is 132 Å². The van der Waals surface area contributed by atoms with Crippen LogP contribution < -0.4 is 4.90 Å². The van der Waals surface area contributed by atoms with Crippen molar-refractivity contribution in [1.29, 1.82) is 0 Å². The van der Waals surface area contributed by atoms with Gasteiger partial charge >= 0.3 is 0 Å². The maximum absolute atomic E-state index is 12.6. The van der Waals surface area contributed by atoms with E-state index in [0.717, 1.165) is 50.9 Å². The molecular formula is C17H26N4O. The average Bonchev–Trinajstić information content (AvgIpc) is 2.56. The van der Waals surface area contributed by atoms with Crippen LogP contribution in [0.3, 0.4) is 0 Å². The molecule has 1 amide bonds. The first-order chi connectivity index (χ1) is 10.6. The Morgan fingerprint density at radius 2 is 1.82 bits per heavy atom. The maximum Gasteiger partial charge on any atom is 0.272 e. The summed E-state index contributed by atoms with van der Waals surface area (Å²) in [5, 5.41) is 0. The first-order valence-corrected chi connectivity index (χ1v) is 8.32. The zero-order valence-corrected chi connectivity index (χ0v) is 13.7. The Hall–Kier alpha value is -1.62. The fraction of sp³-hybridized carbons (Fsp3) is 0.647. The molecule has 0 saturated carbocycles. The first kappa shape index (κ1) is 15.3. The lowest BCUT2D eigenvalue weighted by atomic mass is 9.99. The van der Waals surface area contributed by atoms with Crippen LogP contribution in [0.4, 0.5) is 5.69 Å². The van der Waals surface area contributed by atoms with Gasteiger partial charge in [-0.15, -0.1) is 0 Å². The largest absolute Gasteiger partial charge is 0.371 e. The lowest BCUT2D eigenvalue weighted by Crippen LogP contribution is -2.47. The Kier molecular flexibility index (Phi) is 4.62. The van der Waals surface area contributed by atoms with Crippen molar-refractivity contribution in [2.75, 3.05) is 51.2 Å². The first-order valence-electron chi connectivity index (χ1n) is 8.32. The summed E-state index contributed by atoms with van der Waals surface area (Å²) < 4.78 is 0. The van der Waals surface area contributed by atoms with Crippen LogP contribution in [0.25, 0.3) is 0 Å². The molecule has 2 fully saturated rings. The van der Waals surface area contributed by atoms with Crippen LogP contribution in [-0.4, -0.2) is 67.0 Å². The van der Waals surface area contributed by atoms with E-state index in [1.165, 1.54) is 12.8 Å². The summed E-state index contributed by atoms with van der Waals surface area (Å²) >= 11 is 0. The van der Waals surface area contributed by atoms with Crippen molar-refractivity contribution in [2.24, 2.45) is 5.92 Å². The van der Waals surface area contributed by atoms with Gasteiger partial charge in [0.2, 0.25) is 0 Å². The molecule has 0 atom stereocenters. The Morgan fingerprint density at radius 1 is 1.14 bits per heavy atom. The molecule has 0 spiro atoms. The third-order valence-electron chi connectivity index (χ3n) is 4.90. The van der Waals surface area contributed by atoms with Crippen LogP contribution in [0.1, 0.15) is 30.3 Å². The number of piperazine rings is 1. The highest BCUT2D eigenvalue weighted by molar-refractivity contribution is 5.93. The second-order valence-electron chi connectivity index (χ2n) is 6.66. The molecule has 0 N–H and O–H groups in total. The Morgan fingerprint density at radius 3 is 2.50 bits per heavy atom. The van der Waals surface area contributed by atoms with Crippen LogP contribution >= 0.6 is 0 Å². The number of hydrogen-bond acceptors (Lipinski definition) is 4. The van der Waals surface area contributed by atoms with Gasteiger partial charge in [-0.1, -0.05) is 6.92 Å². The quantitative estimate of drug-likeness (QED) is 0.834. The van der Waals surface area contributed by atoms with Crippen molar-refractivity contribution < 1.29 is 4.79 Å². The van der Waals surface area contributed by atoms with Crippen molar-refractivity contribution in [3.05, 3.63) is 24.0 Å². The summed E-state index contributed by atoms with van der Waals surface area (Å²) in [4.78, 5) is 23.5. The molecule has 0 aliphatic carbocycles. The third kappa shape index (κ3) is 3.40. The van der Waals surface area contributed by atoms with Gasteiger partial charge in [-0.3, -0.25) is 9.78 Å². The number of aromatic nitrogens is 1. The molecule has 1 aromatic rings. The highest BCUT2D eigenvalue weighted by Gasteiger charge is 2.22. The van der Waals surface area contributed by atoms with E-state index in [4.69, 9.17) is 0 Å². The van der Waals surface area contributed by atoms with E-state index in [0.29, 0.717) is 5.69 Å². The number of hydrogen-bond donors (Lipinski definition) is 0. The molecule has 0 bridgehead atoms. The van der Waals surface area contributed by atoms with Gasteiger partial charge in [0.25, 0.3) is 5.91 Å². The van der Waals surface area contributed by atoms with Crippen molar-refractivity contribution in [3.63, 3.8) is 0 Å². The van der Waals surface area contributed by atoms with E-state index in [1.54, 1.807) is 6.20 Å². The summed E-state index contributed by atoms with van der Waals surface area (Å²) in [5.41, 5.74) is 1.72. The molecule has 2 saturated heterocycles. The predicted molar refractivity (Wildman–Crippen MR) is 88.2 cm³/mol. The predicted octanol–water partition coefficient (Wildman–Crippen LogP) is 1.71. The number of pyridine rings is 1. The molecule has 0 radical (unpaired) electrons. The molecule has 0 aromatic carbocycles. The minimum atomic E-state index is 0.0697. The monoisotopic (exact) mass is 302 g/mol. The highest BCUT2D eigenvalue weighted by atomic mass is 16.2. The molecule has 1 aromatic heterocycles. The molecule has 3 heterocycles. The zero-order chi connectivity index (χ0) is 15.5. The van der Waals surface area contributed by atoms with Gasteiger partial charge in [-0.05, 0) is 37.9 Å².